The average Bonchev–Trinajstić information content (AvgIpc) is 2.44. The van der Waals surface area contributed by atoms with Gasteiger partial charge in [-0.05, 0) is 13.3 Å². The fourth-order valence-corrected chi connectivity index (χ4v) is 1.21. The monoisotopic (exact) mass is 380 g/mol. The molecule has 0 aliphatic carbocycles. The lowest BCUT2D eigenvalue weighted by molar-refractivity contribution is -0.444. The third-order valence-corrected chi connectivity index (χ3v) is 2.83. The second-order valence-corrected chi connectivity index (χ2v) is 4.71. The lowest BCUT2D eigenvalue weighted by Gasteiger charge is -2.32. The molecule has 0 heterocycles. The minimum atomic E-state index is -6.96. The summed E-state index contributed by atoms with van der Waals surface area (Å²) in [6.45, 7) is 1.44. The van der Waals surface area contributed by atoms with E-state index in [-0.39, 0.29) is 19.3 Å². The molecule has 0 rings (SSSR count). The van der Waals surface area contributed by atoms with E-state index < -0.39 is 37.3 Å². The smallest absolute Gasteiger partial charge is 0.377 e. The Morgan fingerprint density at radius 2 is 1.25 bits per heavy atom. The van der Waals surface area contributed by atoms with Crippen LogP contribution in [-0.4, -0.2) is 56.7 Å². The van der Waals surface area contributed by atoms with Crippen molar-refractivity contribution >= 4 is 0 Å². The highest BCUT2D eigenvalue weighted by Crippen LogP contribution is 2.53. The summed E-state index contributed by atoms with van der Waals surface area (Å²) in [6, 6.07) is 0. The summed E-state index contributed by atoms with van der Waals surface area (Å²) in [4.78, 5) is 0. The lowest BCUT2D eigenvalue weighted by Crippen LogP contribution is -2.61. The summed E-state index contributed by atoms with van der Waals surface area (Å²) in [7, 11) is 0. The molecule has 0 radical (unpaired) electrons. The van der Waals surface area contributed by atoms with Crippen LogP contribution in [0.5, 0.6) is 0 Å². The van der Waals surface area contributed by atoms with Gasteiger partial charge in [0.25, 0.3) is 0 Å². The first kappa shape index (κ1) is 23.2. The first-order valence-corrected chi connectivity index (χ1v) is 6.74. The summed E-state index contributed by atoms with van der Waals surface area (Å²) in [5.74, 6) is -13.7. The van der Waals surface area contributed by atoms with Crippen molar-refractivity contribution in [3.05, 3.63) is 0 Å². The molecule has 0 N–H and O–H groups in total. The van der Waals surface area contributed by atoms with Crippen LogP contribution in [0, 0.1) is 0 Å². The molecule has 1 unspecified atom stereocenters. The second kappa shape index (κ2) is 8.56. The molecule has 0 bridgehead atoms. The van der Waals surface area contributed by atoms with Crippen molar-refractivity contribution < 1.29 is 53.7 Å². The Hall–Kier alpha value is -0.750. The summed E-state index contributed by atoms with van der Waals surface area (Å²) < 4.78 is 125. The lowest BCUT2D eigenvalue weighted by atomic mass is 10.1. The van der Waals surface area contributed by atoms with Crippen LogP contribution in [0.2, 0.25) is 0 Å². The molecule has 3 nitrogen and oxygen atoms in total. The molecule has 24 heavy (non-hydrogen) atoms. The molecule has 0 aromatic carbocycles. The van der Waals surface area contributed by atoms with Crippen LogP contribution in [-0.2, 0) is 14.2 Å². The van der Waals surface area contributed by atoms with Crippen LogP contribution in [0.1, 0.15) is 20.3 Å². The van der Waals surface area contributed by atoms with Gasteiger partial charge >= 0.3 is 24.1 Å². The molecule has 0 spiro atoms. The molecule has 0 aromatic rings. The topological polar surface area (TPSA) is 27.7 Å². The zero-order chi connectivity index (χ0) is 19.2. The number of hydrogen-bond acceptors (Lipinski definition) is 3. The van der Waals surface area contributed by atoms with E-state index in [1.165, 1.54) is 0 Å². The van der Waals surface area contributed by atoms with Gasteiger partial charge in [-0.25, -0.2) is 0 Å². The zero-order valence-corrected chi connectivity index (χ0v) is 12.7. The van der Waals surface area contributed by atoms with Crippen LogP contribution in [0.3, 0.4) is 0 Å². The van der Waals surface area contributed by atoms with E-state index >= 15 is 0 Å². The largest absolute Gasteiger partial charge is 0.460 e. The van der Waals surface area contributed by atoms with Crippen LogP contribution < -0.4 is 0 Å². The van der Waals surface area contributed by atoms with Gasteiger partial charge in [-0.2, -0.15) is 39.5 Å². The van der Waals surface area contributed by atoms with Gasteiger partial charge in [0, 0.05) is 0 Å². The van der Waals surface area contributed by atoms with Gasteiger partial charge in [0.15, 0.2) is 0 Å². The summed E-state index contributed by atoms with van der Waals surface area (Å²) in [5.41, 5.74) is 0. The third-order valence-electron chi connectivity index (χ3n) is 2.83. The van der Waals surface area contributed by atoms with E-state index in [1.54, 1.807) is 6.92 Å². The van der Waals surface area contributed by atoms with Gasteiger partial charge < -0.3 is 14.2 Å². The standard InChI is InChI=1S/C12H17F9O3/c1-3-8(2)23-6-4-22-5-7-24-12(20,21)10(15,16)9(13,14)11(17,18)19/h8H,3-7H2,1-2H3. The Kier molecular flexibility index (Phi) is 8.30. The molecular weight excluding hydrogens is 363 g/mol. The van der Waals surface area contributed by atoms with Crippen molar-refractivity contribution in [2.45, 2.75) is 50.5 Å². The van der Waals surface area contributed by atoms with E-state index in [0.29, 0.717) is 6.42 Å². The van der Waals surface area contributed by atoms with Crippen LogP contribution in [0.4, 0.5) is 39.5 Å². The Balaban J connectivity index is 4.39. The Bertz CT molecular complexity index is 371. The molecule has 0 amide bonds. The van der Waals surface area contributed by atoms with Crippen LogP contribution >= 0.6 is 0 Å². The van der Waals surface area contributed by atoms with Crippen LogP contribution in [0.25, 0.3) is 0 Å². The van der Waals surface area contributed by atoms with E-state index in [0.717, 1.165) is 0 Å². The fraction of sp³-hybridized carbons (Fsp3) is 1.00. The quantitative estimate of drug-likeness (QED) is 0.396. The van der Waals surface area contributed by atoms with Crippen molar-refractivity contribution in [3.8, 4) is 0 Å². The van der Waals surface area contributed by atoms with E-state index in [2.05, 4.69) is 9.47 Å². The maximum Gasteiger partial charge on any atom is 0.460 e. The average molecular weight is 380 g/mol. The Morgan fingerprint density at radius 3 is 1.71 bits per heavy atom. The molecular formula is C12H17F9O3. The molecule has 0 saturated heterocycles. The number of rotatable bonds is 11. The number of halogens is 9. The van der Waals surface area contributed by atoms with Gasteiger partial charge in [-0.15, -0.1) is 0 Å². The molecule has 0 aliphatic heterocycles. The number of alkyl halides is 9. The third kappa shape index (κ3) is 5.66. The molecule has 0 saturated carbocycles. The zero-order valence-electron chi connectivity index (χ0n) is 12.7. The first-order chi connectivity index (χ1) is 10.7. The van der Waals surface area contributed by atoms with Gasteiger partial charge in [0.1, 0.15) is 0 Å². The SMILES string of the molecule is CCC(C)OCCOCCOC(F)(F)C(F)(F)C(F)(F)C(F)(F)F. The van der Waals surface area contributed by atoms with E-state index in [4.69, 9.17) is 4.74 Å². The minimum Gasteiger partial charge on any atom is -0.377 e. The van der Waals surface area contributed by atoms with Crippen molar-refractivity contribution in [2.75, 3.05) is 26.4 Å². The summed E-state index contributed by atoms with van der Waals surface area (Å²) >= 11 is 0. The van der Waals surface area contributed by atoms with Gasteiger partial charge in [-0.1, -0.05) is 6.92 Å². The van der Waals surface area contributed by atoms with Gasteiger partial charge in [0.2, 0.25) is 0 Å². The Morgan fingerprint density at radius 1 is 0.750 bits per heavy atom. The molecule has 146 valence electrons. The molecule has 0 aromatic heterocycles. The predicted octanol–water partition coefficient (Wildman–Crippen LogP) is 4.26. The highest BCUT2D eigenvalue weighted by atomic mass is 19.4. The summed E-state index contributed by atoms with van der Waals surface area (Å²) in [6.07, 6.45) is -12.3. The maximum absolute atomic E-state index is 12.9. The van der Waals surface area contributed by atoms with Crippen molar-refractivity contribution in [1.29, 1.82) is 0 Å². The first-order valence-electron chi connectivity index (χ1n) is 6.74. The number of ether oxygens (including phenoxy) is 3. The normalized spacial score (nSPS) is 15.6. The van der Waals surface area contributed by atoms with Crippen molar-refractivity contribution in [2.24, 2.45) is 0 Å². The highest BCUT2D eigenvalue weighted by Gasteiger charge is 2.82. The van der Waals surface area contributed by atoms with Gasteiger partial charge in [-0.3, -0.25) is 0 Å². The van der Waals surface area contributed by atoms with Gasteiger partial charge in [0.05, 0.1) is 32.5 Å². The Labute approximate surface area is 132 Å². The summed E-state index contributed by atoms with van der Waals surface area (Å²) in [5, 5.41) is 0. The predicted molar refractivity (Wildman–Crippen MR) is 63.4 cm³/mol. The second-order valence-electron chi connectivity index (χ2n) is 4.71. The maximum atomic E-state index is 12.9. The van der Waals surface area contributed by atoms with Crippen molar-refractivity contribution in [3.63, 3.8) is 0 Å². The molecule has 0 aliphatic rings. The van der Waals surface area contributed by atoms with E-state index in [1.807, 2.05) is 6.92 Å². The highest BCUT2D eigenvalue weighted by molar-refractivity contribution is 4.96. The molecule has 0 fully saturated rings. The number of hydrogen-bond donors (Lipinski definition) is 0. The molecule has 12 heteroatoms. The van der Waals surface area contributed by atoms with Crippen LogP contribution in [0.15, 0.2) is 0 Å². The molecule has 1 atom stereocenters. The van der Waals surface area contributed by atoms with E-state index in [9.17, 15) is 39.5 Å². The van der Waals surface area contributed by atoms with Crippen molar-refractivity contribution in [1.82, 2.24) is 0 Å². The fourth-order valence-electron chi connectivity index (χ4n) is 1.21. The minimum absolute atomic E-state index is 0.0493.